The summed E-state index contributed by atoms with van der Waals surface area (Å²) in [6, 6.07) is 0. The van der Waals surface area contributed by atoms with E-state index < -0.39 is 0 Å². The maximum atomic E-state index is 11.3. The molecule has 2 nitrogen and oxygen atoms in total. The van der Waals surface area contributed by atoms with E-state index in [2.05, 4.69) is 6.92 Å². The molecule has 0 aromatic rings. The van der Waals surface area contributed by atoms with Crippen molar-refractivity contribution in [3.63, 3.8) is 0 Å². The summed E-state index contributed by atoms with van der Waals surface area (Å²) in [6.07, 6.45) is 4.23. The number of rotatable bonds is 4. The molecular weight excluding hydrogens is 164 g/mol. The summed E-state index contributed by atoms with van der Waals surface area (Å²) in [6.45, 7) is 3.90. The Morgan fingerprint density at radius 1 is 1.15 bits per heavy atom. The van der Waals surface area contributed by atoms with Crippen LogP contribution < -0.4 is 0 Å². The van der Waals surface area contributed by atoms with Crippen molar-refractivity contribution in [3.8, 4) is 0 Å². The van der Waals surface area contributed by atoms with Crippen molar-refractivity contribution in [1.82, 2.24) is 0 Å². The molecule has 1 aliphatic carbocycles. The highest BCUT2D eigenvalue weighted by Crippen LogP contribution is 2.23. The van der Waals surface area contributed by atoms with Gasteiger partial charge >= 0.3 is 0 Å². The van der Waals surface area contributed by atoms with Gasteiger partial charge in [-0.2, -0.15) is 0 Å². The zero-order chi connectivity index (χ0) is 9.84. The van der Waals surface area contributed by atoms with E-state index in [1.54, 1.807) is 6.92 Å². The molecule has 1 rings (SSSR count). The summed E-state index contributed by atoms with van der Waals surface area (Å²) < 4.78 is 0. The zero-order valence-corrected chi connectivity index (χ0v) is 8.35. The molecule has 72 valence electrons. The van der Waals surface area contributed by atoms with Crippen LogP contribution in [0.3, 0.4) is 0 Å². The van der Waals surface area contributed by atoms with E-state index in [0.717, 1.165) is 31.3 Å². The maximum absolute atomic E-state index is 11.3. The molecule has 13 heavy (non-hydrogen) atoms. The minimum atomic E-state index is 0.0245. The fraction of sp³-hybridized carbons (Fsp3) is 0.636. The molecule has 1 aliphatic rings. The summed E-state index contributed by atoms with van der Waals surface area (Å²) in [7, 11) is 0. The van der Waals surface area contributed by atoms with Gasteiger partial charge in [-0.1, -0.05) is 19.8 Å². The molecule has 0 spiro atoms. The van der Waals surface area contributed by atoms with Gasteiger partial charge < -0.3 is 0 Å². The topological polar surface area (TPSA) is 34.1 Å². The van der Waals surface area contributed by atoms with Crippen molar-refractivity contribution in [2.45, 2.75) is 46.0 Å². The Morgan fingerprint density at radius 2 is 1.85 bits per heavy atom. The molecule has 0 heterocycles. The standard InChI is InChI=1S/C11H16O2/c1-3-4-5-6-9-8(2)10(12)7-11(9)13/h3-7H2,1-2H3. The zero-order valence-electron chi connectivity index (χ0n) is 8.35. The highest BCUT2D eigenvalue weighted by atomic mass is 16.2. The minimum Gasteiger partial charge on any atom is -0.294 e. The molecule has 2 heteroatoms. The van der Waals surface area contributed by atoms with Crippen LogP contribution in [0.5, 0.6) is 0 Å². The van der Waals surface area contributed by atoms with Gasteiger partial charge in [0.05, 0.1) is 6.42 Å². The van der Waals surface area contributed by atoms with E-state index in [1.165, 1.54) is 0 Å². The van der Waals surface area contributed by atoms with Crippen LogP contribution in [0, 0.1) is 0 Å². The smallest absolute Gasteiger partial charge is 0.166 e. The molecule has 0 fully saturated rings. The van der Waals surface area contributed by atoms with Crippen molar-refractivity contribution in [2.75, 3.05) is 0 Å². The average Bonchev–Trinajstić information content (AvgIpc) is 2.32. The molecule has 0 unspecified atom stereocenters. The lowest BCUT2D eigenvalue weighted by Gasteiger charge is -2.00. The normalized spacial score (nSPS) is 17.4. The van der Waals surface area contributed by atoms with Crippen molar-refractivity contribution in [3.05, 3.63) is 11.1 Å². The number of Topliss-reactive ketones (excluding diaryl/α,β-unsaturated/α-hetero) is 2. The lowest BCUT2D eigenvalue weighted by Crippen LogP contribution is -1.97. The van der Waals surface area contributed by atoms with Gasteiger partial charge in [-0.05, 0) is 25.3 Å². The summed E-state index contributed by atoms with van der Waals surface area (Å²) in [5, 5.41) is 0. The SMILES string of the molecule is CCCCCC1=C(C)C(=O)CC1=O. The number of ketones is 2. The van der Waals surface area contributed by atoms with Crippen LogP contribution in [0.15, 0.2) is 11.1 Å². The van der Waals surface area contributed by atoms with Crippen LogP contribution in [-0.2, 0) is 9.59 Å². The Morgan fingerprint density at radius 3 is 2.31 bits per heavy atom. The summed E-state index contributed by atoms with van der Waals surface area (Å²) in [5.74, 6) is 0.0788. The first kappa shape index (κ1) is 10.2. The Hall–Kier alpha value is -0.920. The van der Waals surface area contributed by atoms with Crippen LogP contribution >= 0.6 is 0 Å². The second-order valence-corrected chi connectivity index (χ2v) is 3.58. The van der Waals surface area contributed by atoms with Crippen LogP contribution in [0.1, 0.15) is 46.0 Å². The lowest BCUT2D eigenvalue weighted by molar-refractivity contribution is -0.121. The van der Waals surface area contributed by atoms with Gasteiger partial charge in [0.2, 0.25) is 0 Å². The number of allylic oxidation sites excluding steroid dienone is 2. The van der Waals surface area contributed by atoms with E-state index in [9.17, 15) is 9.59 Å². The second-order valence-electron chi connectivity index (χ2n) is 3.58. The van der Waals surface area contributed by atoms with Crippen LogP contribution in [-0.4, -0.2) is 11.6 Å². The van der Waals surface area contributed by atoms with E-state index in [0.29, 0.717) is 5.57 Å². The predicted octanol–water partition coefficient (Wildman–Crippen LogP) is 2.43. The fourth-order valence-electron chi connectivity index (χ4n) is 1.64. The van der Waals surface area contributed by atoms with Crippen LogP contribution in [0.2, 0.25) is 0 Å². The van der Waals surface area contributed by atoms with Crippen molar-refractivity contribution >= 4 is 11.6 Å². The molecular formula is C11H16O2. The highest BCUT2D eigenvalue weighted by molar-refractivity contribution is 6.21. The molecule has 0 N–H and O–H groups in total. The number of unbranched alkanes of at least 4 members (excludes halogenated alkanes) is 2. The minimum absolute atomic E-state index is 0.0245. The monoisotopic (exact) mass is 180 g/mol. The first-order valence-corrected chi connectivity index (χ1v) is 4.93. The third kappa shape index (κ3) is 2.27. The first-order chi connectivity index (χ1) is 6.16. The molecule has 0 saturated carbocycles. The number of carbonyl (C=O) groups excluding carboxylic acids is 2. The number of hydrogen-bond acceptors (Lipinski definition) is 2. The molecule has 0 radical (unpaired) electrons. The summed E-state index contributed by atoms with van der Waals surface area (Å²) >= 11 is 0. The van der Waals surface area contributed by atoms with Crippen LogP contribution in [0.25, 0.3) is 0 Å². The van der Waals surface area contributed by atoms with Gasteiger partial charge in [-0.15, -0.1) is 0 Å². The second kappa shape index (κ2) is 4.35. The lowest BCUT2D eigenvalue weighted by atomic mass is 10.0. The van der Waals surface area contributed by atoms with Gasteiger partial charge in [-0.25, -0.2) is 0 Å². The maximum Gasteiger partial charge on any atom is 0.166 e. The van der Waals surface area contributed by atoms with Gasteiger partial charge in [0.15, 0.2) is 11.6 Å². The summed E-state index contributed by atoms with van der Waals surface area (Å²) in [5.41, 5.74) is 1.50. The Kier molecular flexibility index (Phi) is 3.40. The van der Waals surface area contributed by atoms with Gasteiger partial charge in [0, 0.05) is 5.57 Å². The van der Waals surface area contributed by atoms with Gasteiger partial charge in [0.1, 0.15) is 0 Å². The molecule has 0 amide bonds. The Bertz CT molecular complexity index is 261. The van der Waals surface area contributed by atoms with E-state index in [4.69, 9.17) is 0 Å². The molecule has 0 atom stereocenters. The average molecular weight is 180 g/mol. The number of hydrogen-bond donors (Lipinski definition) is 0. The third-order valence-corrected chi connectivity index (χ3v) is 2.56. The molecule has 0 saturated heterocycles. The third-order valence-electron chi connectivity index (χ3n) is 2.56. The van der Waals surface area contributed by atoms with E-state index in [1.807, 2.05) is 0 Å². The predicted molar refractivity (Wildman–Crippen MR) is 51.5 cm³/mol. The molecule has 0 aromatic heterocycles. The Labute approximate surface area is 79.0 Å². The van der Waals surface area contributed by atoms with E-state index in [-0.39, 0.29) is 18.0 Å². The summed E-state index contributed by atoms with van der Waals surface area (Å²) in [4.78, 5) is 22.5. The molecule has 0 aromatic carbocycles. The van der Waals surface area contributed by atoms with Gasteiger partial charge in [-0.3, -0.25) is 9.59 Å². The Balaban J connectivity index is 2.56. The van der Waals surface area contributed by atoms with Crippen molar-refractivity contribution < 1.29 is 9.59 Å². The largest absolute Gasteiger partial charge is 0.294 e. The van der Waals surface area contributed by atoms with Gasteiger partial charge in [0.25, 0.3) is 0 Å². The number of carbonyl (C=O) groups is 2. The van der Waals surface area contributed by atoms with Crippen molar-refractivity contribution in [2.24, 2.45) is 0 Å². The quantitative estimate of drug-likeness (QED) is 0.492. The van der Waals surface area contributed by atoms with Crippen LogP contribution in [0.4, 0.5) is 0 Å². The van der Waals surface area contributed by atoms with E-state index >= 15 is 0 Å². The molecule has 0 aliphatic heterocycles. The first-order valence-electron chi connectivity index (χ1n) is 4.93. The fourth-order valence-corrected chi connectivity index (χ4v) is 1.64. The highest BCUT2D eigenvalue weighted by Gasteiger charge is 2.26. The van der Waals surface area contributed by atoms with Crippen molar-refractivity contribution in [1.29, 1.82) is 0 Å². The molecule has 0 bridgehead atoms.